The molecule has 0 bridgehead atoms. The second-order valence-electron chi connectivity index (χ2n) is 4.36. The Bertz CT molecular complexity index is 128. The molecule has 0 radical (unpaired) electrons. The van der Waals surface area contributed by atoms with Gasteiger partial charge in [0.1, 0.15) is 0 Å². The minimum absolute atomic E-state index is 0.387. The summed E-state index contributed by atoms with van der Waals surface area (Å²) in [6.07, 6.45) is 0. The first-order valence-corrected chi connectivity index (χ1v) is 5.39. The van der Waals surface area contributed by atoms with Crippen LogP contribution in [0.15, 0.2) is 0 Å². The lowest BCUT2D eigenvalue weighted by Gasteiger charge is -2.19. The van der Waals surface area contributed by atoms with Gasteiger partial charge >= 0.3 is 0 Å². The van der Waals surface area contributed by atoms with Gasteiger partial charge in [-0.05, 0) is 19.8 Å². The van der Waals surface area contributed by atoms with Gasteiger partial charge < -0.3 is 14.8 Å². The van der Waals surface area contributed by atoms with Gasteiger partial charge in [0.25, 0.3) is 0 Å². The Balaban J connectivity index is 3.39. The van der Waals surface area contributed by atoms with Crippen LogP contribution in [0.4, 0.5) is 0 Å². The maximum absolute atomic E-state index is 5.53. The quantitative estimate of drug-likeness (QED) is 0.651. The predicted molar refractivity (Wildman–Crippen MR) is 59.6 cm³/mol. The van der Waals surface area contributed by atoms with Crippen LogP contribution in [0.5, 0.6) is 0 Å². The van der Waals surface area contributed by atoms with Crippen LogP contribution in [0.2, 0.25) is 0 Å². The zero-order valence-electron chi connectivity index (χ0n) is 10.2. The molecule has 0 fully saturated rings. The van der Waals surface area contributed by atoms with Crippen LogP contribution in [-0.2, 0) is 9.47 Å². The normalized spacial score (nSPS) is 15.9. The largest absolute Gasteiger partial charge is 0.383 e. The van der Waals surface area contributed by atoms with E-state index in [1.807, 2.05) is 0 Å². The lowest BCUT2D eigenvalue weighted by Crippen LogP contribution is -2.40. The van der Waals surface area contributed by atoms with Crippen molar-refractivity contribution in [2.24, 2.45) is 5.92 Å². The SMILES string of the molecule is COCC(C)NC(C)COCC(C)C. The summed E-state index contributed by atoms with van der Waals surface area (Å²) in [5.74, 6) is 0.610. The zero-order chi connectivity index (χ0) is 11.0. The van der Waals surface area contributed by atoms with Crippen LogP contribution in [0.25, 0.3) is 0 Å². The Kier molecular flexibility index (Phi) is 8.14. The molecule has 14 heavy (non-hydrogen) atoms. The van der Waals surface area contributed by atoms with Gasteiger partial charge in [0.05, 0.1) is 13.2 Å². The molecule has 0 heterocycles. The molecule has 0 amide bonds. The smallest absolute Gasteiger partial charge is 0.0617 e. The molecule has 0 aromatic rings. The van der Waals surface area contributed by atoms with Crippen LogP contribution in [-0.4, -0.2) is 39.0 Å². The molecule has 0 aromatic heterocycles. The van der Waals surface area contributed by atoms with Crippen LogP contribution in [0, 0.1) is 5.92 Å². The highest BCUT2D eigenvalue weighted by Gasteiger charge is 2.07. The Hall–Kier alpha value is -0.120. The fourth-order valence-electron chi connectivity index (χ4n) is 1.31. The highest BCUT2D eigenvalue weighted by atomic mass is 16.5. The number of hydrogen-bond acceptors (Lipinski definition) is 3. The van der Waals surface area contributed by atoms with Crippen molar-refractivity contribution in [1.82, 2.24) is 5.32 Å². The number of nitrogens with one attached hydrogen (secondary N) is 1. The number of ether oxygens (including phenoxy) is 2. The van der Waals surface area contributed by atoms with E-state index >= 15 is 0 Å². The van der Waals surface area contributed by atoms with Gasteiger partial charge in [0.2, 0.25) is 0 Å². The second kappa shape index (κ2) is 8.21. The van der Waals surface area contributed by atoms with Gasteiger partial charge in [0.15, 0.2) is 0 Å². The molecular formula is C11H25NO2. The van der Waals surface area contributed by atoms with Gasteiger partial charge in [-0.2, -0.15) is 0 Å². The first kappa shape index (κ1) is 13.9. The third-order valence-corrected chi connectivity index (χ3v) is 1.80. The van der Waals surface area contributed by atoms with E-state index in [-0.39, 0.29) is 0 Å². The minimum atomic E-state index is 0.387. The van der Waals surface area contributed by atoms with Crippen molar-refractivity contribution in [3.63, 3.8) is 0 Å². The van der Waals surface area contributed by atoms with Crippen LogP contribution >= 0.6 is 0 Å². The monoisotopic (exact) mass is 203 g/mol. The molecule has 3 heteroatoms. The minimum Gasteiger partial charge on any atom is -0.383 e. The molecule has 0 aliphatic rings. The summed E-state index contributed by atoms with van der Waals surface area (Å²) in [5.41, 5.74) is 0. The van der Waals surface area contributed by atoms with E-state index < -0.39 is 0 Å². The van der Waals surface area contributed by atoms with E-state index in [4.69, 9.17) is 9.47 Å². The average molecular weight is 203 g/mol. The highest BCUT2D eigenvalue weighted by Crippen LogP contribution is 1.95. The molecule has 86 valence electrons. The standard InChI is InChI=1S/C11H25NO2/c1-9(2)6-14-8-11(4)12-10(3)7-13-5/h9-12H,6-8H2,1-5H3. The van der Waals surface area contributed by atoms with Crippen molar-refractivity contribution in [2.75, 3.05) is 26.9 Å². The summed E-state index contributed by atoms with van der Waals surface area (Å²) < 4.78 is 10.6. The van der Waals surface area contributed by atoms with E-state index in [9.17, 15) is 0 Å². The molecule has 0 saturated carbocycles. The molecule has 0 saturated heterocycles. The molecule has 0 spiro atoms. The Labute approximate surface area is 88.2 Å². The number of rotatable bonds is 8. The molecule has 0 aliphatic heterocycles. The summed E-state index contributed by atoms with van der Waals surface area (Å²) in [7, 11) is 1.72. The zero-order valence-corrected chi connectivity index (χ0v) is 10.2. The van der Waals surface area contributed by atoms with E-state index in [2.05, 4.69) is 33.0 Å². The average Bonchev–Trinajstić information content (AvgIpc) is 2.03. The summed E-state index contributed by atoms with van der Waals surface area (Å²) in [4.78, 5) is 0. The first-order valence-electron chi connectivity index (χ1n) is 5.39. The van der Waals surface area contributed by atoms with E-state index in [1.165, 1.54) is 0 Å². The van der Waals surface area contributed by atoms with E-state index in [0.717, 1.165) is 19.8 Å². The molecule has 3 nitrogen and oxygen atoms in total. The summed E-state index contributed by atoms with van der Waals surface area (Å²) in [6.45, 7) is 10.9. The molecule has 2 unspecified atom stereocenters. The molecular weight excluding hydrogens is 178 g/mol. The second-order valence-corrected chi connectivity index (χ2v) is 4.36. The Morgan fingerprint density at radius 2 is 1.50 bits per heavy atom. The van der Waals surface area contributed by atoms with Crippen molar-refractivity contribution in [3.05, 3.63) is 0 Å². The molecule has 0 aliphatic carbocycles. The van der Waals surface area contributed by atoms with Gasteiger partial charge in [0, 0.05) is 25.8 Å². The molecule has 0 rings (SSSR count). The predicted octanol–water partition coefficient (Wildman–Crippen LogP) is 1.67. The van der Waals surface area contributed by atoms with Crippen LogP contribution < -0.4 is 5.32 Å². The summed E-state index contributed by atoms with van der Waals surface area (Å²) >= 11 is 0. The number of hydrogen-bond donors (Lipinski definition) is 1. The Morgan fingerprint density at radius 3 is 2.00 bits per heavy atom. The maximum atomic E-state index is 5.53. The molecule has 0 aromatic carbocycles. The summed E-state index contributed by atoms with van der Waals surface area (Å²) in [5, 5.41) is 3.40. The van der Waals surface area contributed by atoms with Crippen LogP contribution in [0.3, 0.4) is 0 Å². The van der Waals surface area contributed by atoms with Gasteiger partial charge in [-0.15, -0.1) is 0 Å². The van der Waals surface area contributed by atoms with E-state index in [0.29, 0.717) is 18.0 Å². The van der Waals surface area contributed by atoms with Crippen molar-refractivity contribution in [2.45, 2.75) is 39.8 Å². The van der Waals surface area contributed by atoms with Crippen molar-refractivity contribution < 1.29 is 9.47 Å². The van der Waals surface area contributed by atoms with Gasteiger partial charge in [-0.25, -0.2) is 0 Å². The van der Waals surface area contributed by atoms with Crippen molar-refractivity contribution >= 4 is 0 Å². The van der Waals surface area contributed by atoms with E-state index in [1.54, 1.807) is 7.11 Å². The van der Waals surface area contributed by atoms with Crippen LogP contribution in [0.1, 0.15) is 27.7 Å². The summed E-state index contributed by atoms with van der Waals surface area (Å²) in [6, 6.07) is 0.775. The lowest BCUT2D eigenvalue weighted by molar-refractivity contribution is 0.0857. The fraction of sp³-hybridized carbons (Fsp3) is 1.00. The first-order chi connectivity index (χ1) is 6.56. The Morgan fingerprint density at radius 1 is 0.929 bits per heavy atom. The molecule has 2 atom stereocenters. The maximum Gasteiger partial charge on any atom is 0.0617 e. The van der Waals surface area contributed by atoms with Gasteiger partial charge in [-0.1, -0.05) is 13.8 Å². The lowest BCUT2D eigenvalue weighted by atomic mass is 10.2. The highest BCUT2D eigenvalue weighted by molar-refractivity contribution is 4.66. The number of methoxy groups -OCH3 is 1. The molecule has 1 N–H and O–H groups in total. The third kappa shape index (κ3) is 8.48. The van der Waals surface area contributed by atoms with Gasteiger partial charge in [-0.3, -0.25) is 0 Å². The third-order valence-electron chi connectivity index (χ3n) is 1.80. The van der Waals surface area contributed by atoms with Crippen molar-refractivity contribution in [3.8, 4) is 0 Å². The topological polar surface area (TPSA) is 30.5 Å². The van der Waals surface area contributed by atoms with Crippen molar-refractivity contribution in [1.29, 1.82) is 0 Å². The fourth-order valence-corrected chi connectivity index (χ4v) is 1.31.